The van der Waals surface area contributed by atoms with E-state index in [4.69, 9.17) is 16.9 Å². The lowest BCUT2D eigenvalue weighted by Gasteiger charge is -2.45. The van der Waals surface area contributed by atoms with Crippen molar-refractivity contribution in [1.82, 2.24) is 14.6 Å². The highest BCUT2D eigenvalue weighted by Crippen LogP contribution is 2.47. The standard InChI is InChI=1S/C18H20ClF2N5O3S/c1-16(9-18(20,21)10-16)25-30(28,29)13-8-26(3)14(17(13,2)19)15(27)24-11-4-5-23-12(6-11)7-22/h4-6,8,14,25H,9-10H2,1-3H3,(H,23,24,27). The van der Waals surface area contributed by atoms with Gasteiger partial charge in [-0.3, -0.25) is 4.79 Å². The van der Waals surface area contributed by atoms with Crippen LogP contribution in [-0.4, -0.2) is 53.6 Å². The number of rotatable bonds is 5. The molecule has 1 fully saturated rings. The first-order chi connectivity index (χ1) is 13.7. The first kappa shape index (κ1) is 22.4. The van der Waals surface area contributed by atoms with E-state index in [9.17, 15) is 22.0 Å². The Balaban J connectivity index is 1.80. The van der Waals surface area contributed by atoms with Crippen LogP contribution < -0.4 is 10.0 Å². The molecule has 2 N–H and O–H groups in total. The average Bonchev–Trinajstić information content (AvgIpc) is 2.82. The molecule has 8 nitrogen and oxygen atoms in total. The second-order valence-corrected chi connectivity index (χ2v) is 10.5. The zero-order valence-corrected chi connectivity index (χ0v) is 18.0. The molecule has 1 aromatic heterocycles. The van der Waals surface area contributed by atoms with E-state index in [1.54, 1.807) is 0 Å². The molecule has 0 saturated heterocycles. The van der Waals surface area contributed by atoms with E-state index in [1.165, 1.54) is 50.3 Å². The van der Waals surface area contributed by atoms with Gasteiger partial charge in [0.15, 0.2) is 0 Å². The molecule has 2 atom stereocenters. The van der Waals surface area contributed by atoms with Crippen LogP contribution in [0.2, 0.25) is 0 Å². The molecule has 0 spiro atoms. The number of nitriles is 1. The molecule has 2 heterocycles. The van der Waals surface area contributed by atoms with E-state index in [0.717, 1.165) is 0 Å². The Hall–Kier alpha value is -2.29. The number of aromatic nitrogens is 1. The van der Waals surface area contributed by atoms with Gasteiger partial charge in [0.2, 0.25) is 15.9 Å². The summed E-state index contributed by atoms with van der Waals surface area (Å²) in [6.07, 6.45) is 1.33. The predicted molar refractivity (Wildman–Crippen MR) is 106 cm³/mol. The van der Waals surface area contributed by atoms with E-state index in [0.29, 0.717) is 5.69 Å². The van der Waals surface area contributed by atoms with E-state index < -0.39 is 51.1 Å². The minimum absolute atomic E-state index is 0.0948. The molecular weight excluding hydrogens is 440 g/mol. The first-order valence-corrected chi connectivity index (χ1v) is 10.8. The summed E-state index contributed by atoms with van der Waals surface area (Å²) in [5, 5.41) is 11.5. The van der Waals surface area contributed by atoms with Crippen LogP contribution in [0.1, 0.15) is 32.4 Å². The number of pyridine rings is 1. The van der Waals surface area contributed by atoms with Gasteiger partial charge in [-0.1, -0.05) is 0 Å². The maximum absolute atomic E-state index is 13.3. The summed E-state index contributed by atoms with van der Waals surface area (Å²) < 4.78 is 54.7. The highest BCUT2D eigenvalue weighted by Gasteiger charge is 2.58. The summed E-state index contributed by atoms with van der Waals surface area (Å²) >= 11 is 6.54. The summed E-state index contributed by atoms with van der Waals surface area (Å²) in [6, 6.07) is 3.58. The molecule has 162 valence electrons. The van der Waals surface area contributed by atoms with Gasteiger partial charge in [0.05, 0.1) is 4.91 Å². The van der Waals surface area contributed by atoms with E-state index in [2.05, 4.69) is 15.0 Å². The Morgan fingerprint density at radius 2 is 2.03 bits per heavy atom. The Labute approximate surface area is 178 Å². The fraction of sp³-hybridized carbons (Fsp3) is 0.500. The summed E-state index contributed by atoms with van der Waals surface area (Å²) in [7, 11) is -2.76. The lowest BCUT2D eigenvalue weighted by Crippen LogP contribution is -2.61. The molecule has 0 bridgehead atoms. The molecule has 2 aliphatic rings. The fourth-order valence-corrected chi connectivity index (χ4v) is 6.44. The fourth-order valence-electron chi connectivity index (χ4n) is 3.99. The molecule has 1 saturated carbocycles. The number of anilines is 1. The second-order valence-electron chi connectivity index (χ2n) is 8.04. The van der Waals surface area contributed by atoms with Crippen LogP contribution in [0.5, 0.6) is 0 Å². The number of carbonyl (C=O) groups excluding carboxylic acids is 1. The number of carbonyl (C=O) groups is 1. The quantitative estimate of drug-likeness (QED) is 0.652. The summed E-state index contributed by atoms with van der Waals surface area (Å²) in [4.78, 5) is 16.1. The second kappa shape index (κ2) is 7.14. The maximum atomic E-state index is 13.3. The Kier molecular flexibility index (Phi) is 5.33. The molecule has 1 aromatic rings. The van der Waals surface area contributed by atoms with Gasteiger partial charge in [-0.2, -0.15) is 5.26 Å². The molecule has 2 unspecified atom stereocenters. The topological polar surface area (TPSA) is 115 Å². The molecule has 1 aliphatic carbocycles. The monoisotopic (exact) mass is 459 g/mol. The van der Waals surface area contributed by atoms with E-state index in [-0.39, 0.29) is 10.6 Å². The number of hydrogen-bond donors (Lipinski definition) is 2. The first-order valence-electron chi connectivity index (χ1n) is 8.91. The van der Waals surface area contributed by atoms with Crippen LogP contribution in [-0.2, 0) is 14.8 Å². The van der Waals surface area contributed by atoms with Crippen molar-refractivity contribution in [3.05, 3.63) is 35.1 Å². The molecular formula is C18H20ClF2N5O3S. The largest absolute Gasteiger partial charge is 0.366 e. The van der Waals surface area contributed by atoms with Gasteiger partial charge in [-0.05, 0) is 26.0 Å². The van der Waals surface area contributed by atoms with Gasteiger partial charge in [0.1, 0.15) is 22.7 Å². The highest BCUT2D eigenvalue weighted by atomic mass is 35.5. The number of halogens is 3. The van der Waals surface area contributed by atoms with Gasteiger partial charge in [0, 0.05) is 43.5 Å². The third kappa shape index (κ3) is 4.12. The van der Waals surface area contributed by atoms with Gasteiger partial charge in [0.25, 0.3) is 5.92 Å². The zero-order chi connectivity index (χ0) is 22.5. The number of likely N-dealkylation sites (N-methyl/N-ethyl adjacent to an activating group) is 1. The molecule has 12 heteroatoms. The minimum atomic E-state index is -4.25. The highest BCUT2D eigenvalue weighted by molar-refractivity contribution is 7.93. The van der Waals surface area contributed by atoms with Gasteiger partial charge >= 0.3 is 0 Å². The Morgan fingerprint density at radius 1 is 1.40 bits per heavy atom. The number of nitrogens with one attached hydrogen (secondary N) is 2. The summed E-state index contributed by atoms with van der Waals surface area (Å²) in [5.41, 5.74) is -0.900. The number of hydrogen-bond acceptors (Lipinski definition) is 6. The third-order valence-corrected chi connectivity index (χ3v) is 7.47. The van der Waals surface area contributed by atoms with Crippen molar-refractivity contribution in [2.24, 2.45) is 0 Å². The van der Waals surface area contributed by atoms with Crippen LogP contribution in [0.3, 0.4) is 0 Å². The van der Waals surface area contributed by atoms with E-state index >= 15 is 0 Å². The molecule has 0 radical (unpaired) electrons. The third-order valence-electron chi connectivity index (χ3n) is 5.08. The molecule has 1 amide bonds. The Bertz CT molecular complexity index is 1060. The number of sulfonamides is 1. The van der Waals surface area contributed by atoms with Gasteiger partial charge < -0.3 is 10.2 Å². The van der Waals surface area contributed by atoms with Crippen molar-refractivity contribution in [3.8, 4) is 6.07 Å². The maximum Gasteiger partial charge on any atom is 0.251 e. The van der Waals surface area contributed by atoms with Crippen LogP contribution in [0.15, 0.2) is 29.4 Å². The van der Waals surface area contributed by atoms with Crippen molar-refractivity contribution < 1.29 is 22.0 Å². The average molecular weight is 460 g/mol. The Morgan fingerprint density at radius 3 is 2.60 bits per heavy atom. The zero-order valence-electron chi connectivity index (χ0n) is 16.4. The molecule has 1 aliphatic heterocycles. The van der Waals surface area contributed by atoms with Crippen molar-refractivity contribution in [2.75, 3.05) is 12.4 Å². The van der Waals surface area contributed by atoms with E-state index in [1.807, 2.05) is 6.07 Å². The van der Waals surface area contributed by atoms with Gasteiger partial charge in [-0.15, -0.1) is 11.6 Å². The number of alkyl halides is 3. The molecule has 30 heavy (non-hydrogen) atoms. The van der Waals surface area contributed by atoms with Crippen molar-refractivity contribution in [1.29, 1.82) is 5.26 Å². The van der Waals surface area contributed by atoms with Gasteiger partial charge in [-0.25, -0.2) is 26.9 Å². The normalized spacial score (nSPS) is 27.0. The van der Waals surface area contributed by atoms with Crippen molar-refractivity contribution in [3.63, 3.8) is 0 Å². The van der Waals surface area contributed by atoms with Crippen LogP contribution in [0.25, 0.3) is 0 Å². The summed E-state index contributed by atoms with van der Waals surface area (Å²) in [5.74, 6) is -3.52. The predicted octanol–water partition coefficient (Wildman–Crippen LogP) is 2.15. The van der Waals surface area contributed by atoms with Crippen molar-refractivity contribution >= 4 is 33.2 Å². The molecule has 0 aromatic carbocycles. The molecule has 3 rings (SSSR count). The lowest BCUT2D eigenvalue weighted by atomic mass is 9.76. The summed E-state index contributed by atoms with van der Waals surface area (Å²) in [6.45, 7) is 2.77. The van der Waals surface area contributed by atoms with Crippen LogP contribution in [0.4, 0.5) is 14.5 Å². The smallest absolute Gasteiger partial charge is 0.251 e. The van der Waals surface area contributed by atoms with Crippen LogP contribution >= 0.6 is 11.6 Å². The van der Waals surface area contributed by atoms with Crippen LogP contribution in [0, 0.1) is 11.3 Å². The van der Waals surface area contributed by atoms with Crippen molar-refractivity contribution in [2.45, 2.75) is 49.1 Å². The SMILES string of the molecule is CN1C=C(S(=O)(=O)NC2(C)CC(F)(F)C2)C(C)(Cl)C1C(=O)Nc1ccnc(C#N)c1. The minimum Gasteiger partial charge on any atom is -0.366 e. The number of amides is 1. The number of nitrogens with zero attached hydrogens (tertiary/aromatic N) is 3. The lowest BCUT2D eigenvalue weighted by molar-refractivity contribution is -0.121.